The van der Waals surface area contributed by atoms with Crippen molar-refractivity contribution < 1.29 is 19.4 Å². The van der Waals surface area contributed by atoms with Crippen LogP contribution in [-0.2, 0) is 10.2 Å². The maximum atomic E-state index is 13.2. The molecule has 1 unspecified atom stereocenters. The monoisotopic (exact) mass is 514 g/mol. The van der Waals surface area contributed by atoms with Gasteiger partial charge in [-0.3, -0.25) is 9.59 Å². The van der Waals surface area contributed by atoms with E-state index in [1.165, 1.54) is 0 Å². The number of amides is 1. The molecule has 0 aliphatic carbocycles. The van der Waals surface area contributed by atoms with E-state index in [1.54, 1.807) is 7.11 Å². The topological polar surface area (TPSA) is 78.9 Å². The molecular weight excluding hydrogens is 476 g/mol. The summed E-state index contributed by atoms with van der Waals surface area (Å²) in [5.74, 6) is -0.0161. The zero-order valence-electron chi connectivity index (χ0n) is 22.4. The number of carbonyl (C=O) groups excluding carboxylic acids is 1. The molecule has 1 saturated heterocycles. The maximum absolute atomic E-state index is 13.2. The summed E-state index contributed by atoms with van der Waals surface area (Å²) in [6, 6.07) is 25.6. The van der Waals surface area contributed by atoms with Crippen molar-refractivity contribution in [2.75, 3.05) is 26.7 Å². The number of carboxylic acids is 1. The first-order chi connectivity index (χ1) is 18.4. The summed E-state index contributed by atoms with van der Waals surface area (Å²) in [5.41, 5.74) is 3.28. The highest BCUT2D eigenvalue weighted by atomic mass is 16.5. The van der Waals surface area contributed by atoms with E-state index in [9.17, 15) is 14.7 Å². The van der Waals surface area contributed by atoms with Gasteiger partial charge in [-0.2, -0.15) is 0 Å². The number of carboxylic acid groups (broad SMARTS) is 1. The first kappa shape index (κ1) is 27.4. The van der Waals surface area contributed by atoms with E-state index in [0.717, 1.165) is 67.8 Å². The van der Waals surface area contributed by atoms with Crippen LogP contribution in [0.4, 0.5) is 0 Å². The number of benzene rings is 3. The molecule has 1 atom stereocenters. The fraction of sp³-hybridized carbons (Fsp3) is 0.375. The predicted octanol–water partition coefficient (Wildman–Crippen LogP) is 5.77. The number of nitrogens with zero attached hydrogens (tertiary/aromatic N) is 1. The number of hydrogen-bond acceptors (Lipinski definition) is 4. The van der Waals surface area contributed by atoms with E-state index < -0.39 is 5.97 Å². The van der Waals surface area contributed by atoms with Crippen LogP contribution >= 0.6 is 0 Å². The van der Waals surface area contributed by atoms with Crippen LogP contribution in [0.5, 0.6) is 5.75 Å². The molecule has 3 aromatic carbocycles. The average molecular weight is 515 g/mol. The third-order valence-corrected chi connectivity index (χ3v) is 7.71. The van der Waals surface area contributed by atoms with Crippen LogP contribution in [0.15, 0.2) is 78.9 Å². The highest BCUT2D eigenvalue weighted by Gasteiger charge is 2.30. The Balaban J connectivity index is 1.28. The van der Waals surface area contributed by atoms with E-state index in [4.69, 9.17) is 4.74 Å². The van der Waals surface area contributed by atoms with Crippen molar-refractivity contribution in [1.82, 2.24) is 10.2 Å². The van der Waals surface area contributed by atoms with Crippen LogP contribution in [-0.4, -0.2) is 54.7 Å². The van der Waals surface area contributed by atoms with Crippen LogP contribution in [0, 0.1) is 0 Å². The normalized spacial score (nSPS) is 15.9. The summed E-state index contributed by atoms with van der Waals surface area (Å²) >= 11 is 0. The third-order valence-electron chi connectivity index (χ3n) is 7.71. The molecule has 0 bridgehead atoms. The number of likely N-dealkylation sites (tertiary alicyclic amines) is 1. The standard InChI is InChI=1S/C32H38N2O4/c1-32(23-30(35)36,25-9-4-3-5-10-25)19-8-20-34-21-17-26(18-22-34)33-31(37)29-12-7-6-11-28(29)24-13-15-27(38-2)16-14-24/h3-7,9-16,26H,8,17-23H2,1-2H3,(H,33,37)(H,35,36). The third kappa shape index (κ3) is 7.01. The van der Waals surface area contributed by atoms with Crippen molar-refractivity contribution in [2.24, 2.45) is 0 Å². The first-order valence-corrected chi connectivity index (χ1v) is 13.4. The second kappa shape index (κ2) is 12.7. The molecule has 1 heterocycles. The minimum atomic E-state index is -0.763. The summed E-state index contributed by atoms with van der Waals surface area (Å²) in [4.78, 5) is 27.2. The second-order valence-electron chi connectivity index (χ2n) is 10.5. The van der Waals surface area contributed by atoms with Gasteiger partial charge in [-0.25, -0.2) is 0 Å². The number of ether oxygens (including phenoxy) is 1. The van der Waals surface area contributed by atoms with Gasteiger partial charge in [0.15, 0.2) is 0 Å². The van der Waals surface area contributed by atoms with E-state index in [2.05, 4.69) is 17.1 Å². The average Bonchev–Trinajstić information content (AvgIpc) is 2.94. The molecule has 1 amide bonds. The van der Waals surface area contributed by atoms with Crippen LogP contribution in [0.25, 0.3) is 11.1 Å². The summed E-state index contributed by atoms with van der Waals surface area (Å²) < 4.78 is 5.26. The van der Waals surface area contributed by atoms with Gasteiger partial charge in [-0.1, -0.05) is 67.6 Å². The fourth-order valence-corrected chi connectivity index (χ4v) is 5.47. The Labute approximate surface area is 225 Å². The number of hydrogen-bond donors (Lipinski definition) is 2. The SMILES string of the molecule is COc1ccc(-c2ccccc2C(=O)NC2CCN(CCCC(C)(CC(=O)O)c3ccccc3)CC2)cc1. The molecule has 1 fully saturated rings. The molecule has 3 aromatic rings. The lowest BCUT2D eigenvalue weighted by Gasteiger charge is -2.34. The van der Waals surface area contributed by atoms with Crippen LogP contribution in [0.3, 0.4) is 0 Å². The first-order valence-electron chi connectivity index (χ1n) is 13.4. The number of rotatable bonds is 11. The lowest BCUT2D eigenvalue weighted by molar-refractivity contribution is -0.138. The number of aliphatic carboxylic acids is 1. The van der Waals surface area contributed by atoms with Gasteiger partial charge in [-0.15, -0.1) is 0 Å². The number of carbonyl (C=O) groups is 2. The Bertz CT molecular complexity index is 1200. The summed E-state index contributed by atoms with van der Waals surface area (Å²) in [6.45, 7) is 4.84. The smallest absolute Gasteiger partial charge is 0.304 e. The minimum absolute atomic E-state index is 0.0397. The van der Waals surface area contributed by atoms with Gasteiger partial charge >= 0.3 is 5.97 Å². The summed E-state index contributed by atoms with van der Waals surface area (Å²) in [7, 11) is 1.64. The molecular formula is C32H38N2O4. The van der Waals surface area contributed by atoms with Crippen LogP contribution in [0.2, 0.25) is 0 Å². The molecule has 6 heteroatoms. The van der Waals surface area contributed by atoms with Crippen molar-refractivity contribution in [2.45, 2.75) is 50.5 Å². The van der Waals surface area contributed by atoms with Crippen LogP contribution in [0.1, 0.15) is 54.9 Å². The Hall–Kier alpha value is -3.64. The molecule has 1 aliphatic heterocycles. The van der Waals surface area contributed by atoms with Crippen molar-refractivity contribution in [1.29, 1.82) is 0 Å². The van der Waals surface area contributed by atoms with Gasteiger partial charge in [0, 0.05) is 30.1 Å². The molecule has 6 nitrogen and oxygen atoms in total. The molecule has 0 aromatic heterocycles. The van der Waals surface area contributed by atoms with Gasteiger partial charge in [0.25, 0.3) is 5.91 Å². The van der Waals surface area contributed by atoms with E-state index >= 15 is 0 Å². The van der Waals surface area contributed by atoms with Gasteiger partial charge < -0.3 is 20.1 Å². The van der Waals surface area contributed by atoms with Crippen molar-refractivity contribution >= 4 is 11.9 Å². The molecule has 4 rings (SSSR count). The van der Waals surface area contributed by atoms with Gasteiger partial charge in [-0.05, 0) is 67.1 Å². The van der Waals surface area contributed by atoms with E-state index in [1.807, 2.05) is 78.9 Å². The van der Waals surface area contributed by atoms with Gasteiger partial charge in [0.2, 0.25) is 0 Å². The molecule has 0 radical (unpaired) electrons. The minimum Gasteiger partial charge on any atom is -0.497 e. The van der Waals surface area contributed by atoms with E-state index in [-0.39, 0.29) is 23.8 Å². The number of piperidine rings is 1. The lowest BCUT2D eigenvalue weighted by Crippen LogP contribution is -2.45. The zero-order chi connectivity index (χ0) is 27.0. The fourth-order valence-electron chi connectivity index (χ4n) is 5.47. The second-order valence-corrected chi connectivity index (χ2v) is 10.5. The highest BCUT2D eigenvalue weighted by molar-refractivity contribution is 6.01. The molecule has 0 saturated carbocycles. The molecule has 38 heavy (non-hydrogen) atoms. The predicted molar refractivity (Wildman–Crippen MR) is 151 cm³/mol. The molecule has 0 spiro atoms. The summed E-state index contributed by atoms with van der Waals surface area (Å²) in [5, 5.41) is 12.8. The Morgan fingerprint density at radius 1 is 0.974 bits per heavy atom. The Morgan fingerprint density at radius 2 is 1.63 bits per heavy atom. The summed E-state index contributed by atoms with van der Waals surface area (Å²) in [6.07, 6.45) is 3.69. The van der Waals surface area contributed by atoms with Gasteiger partial charge in [0.1, 0.15) is 5.75 Å². The Kier molecular flexibility index (Phi) is 9.19. The quantitative estimate of drug-likeness (QED) is 0.340. The Morgan fingerprint density at radius 3 is 2.29 bits per heavy atom. The zero-order valence-corrected chi connectivity index (χ0v) is 22.4. The van der Waals surface area contributed by atoms with Gasteiger partial charge in [0.05, 0.1) is 13.5 Å². The van der Waals surface area contributed by atoms with Crippen molar-refractivity contribution in [3.63, 3.8) is 0 Å². The largest absolute Gasteiger partial charge is 0.497 e. The lowest BCUT2D eigenvalue weighted by atomic mass is 9.76. The molecule has 2 N–H and O–H groups in total. The highest BCUT2D eigenvalue weighted by Crippen LogP contribution is 2.33. The molecule has 200 valence electrons. The van der Waals surface area contributed by atoms with E-state index in [0.29, 0.717) is 5.56 Å². The van der Waals surface area contributed by atoms with Crippen LogP contribution < -0.4 is 10.1 Å². The van der Waals surface area contributed by atoms with Crippen molar-refractivity contribution in [3.05, 3.63) is 90.0 Å². The van der Waals surface area contributed by atoms with Crippen molar-refractivity contribution in [3.8, 4) is 16.9 Å². The maximum Gasteiger partial charge on any atom is 0.304 e. The molecule has 1 aliphatic rings. The number of nitrogens with one attached hydrogen (secondary N) is 1. The number of methoxy groups -OCH3 is 1.